The van der Waals surface area contributed by atoms with Gasteiger partial charge in [-0.15, -0.1) is 0 Å². The first-order valence-corrected chi connectivity index (χ1v) is 4.52. The van der Waals surface area contributed by atoms with Crippen molar-refractivity contribution in [3.63, 3.8) is 0 Å². The molecule has 0 saturated heterocycles. The van der Waals surface area contributed by atoms with Gasteiger partial charge in [-0.2, -0.15) is 0 Å². The second kappa shape index (κ2) is 4.95. The minimum atomic E-state index is 0.345. The van der Waals surface area contributed by atoms with Crippen molar-refractivity contribution in [1.29, 1.82) is 0 Å². The lowest BCUT2D eigenvalue weighted by atomic mass is 10.2. The molecule has 0 unspecified atom stereocenters. The quantitative estimate of drug-likeness (QED) is 0.611. The second-order valence-corrected chi connectivity index (χ2v) is 3.03. The first kappa shape index (κ1) is 11.7. The van der Waals surface area contributed by atoms with Crippen LogP contribution in [0, 0.1) is 0 Å². The highest BCUT2D eigenvalue weighted by molar-refractivity contribution is 6.35. The average Bonchev–Trinajstić information content (AvgIpc) is 2.28. The van der Waals surface area contributed by atoms with Gasteiger partial charge in [-0.1, -0.05) is 11.6 Å². The summed E-state index contributed by atoms with van der Waals surface area (Å²) in [6.45, 7) is 0. The van der Waals surface area contributed by atoms with Crippen LogP contribution in [0.2, 0.25) is 5.02 Å². The maximum atomic E-state index is 6.02. The highest BCUT2D eigenvalue weighted by atomic mass is 35.5. The van der Waals surface area contributed by atoms with Gasteiger partial charge in [0.15, 0.2) is 11.5 Å². The molecule has 0 aliphatic rings. The van der Waals surface area contributed by atoms with Crippen LogP contribution in [0.15, 0.2) is 6.07 Å². The van der Waals surface area contributed by atoms with Crippen LogP contribution in [0.25, 0.3) is 0 Å². The third-order valence-corrected chi connectivity index (χ3v) is 2.30. The van der Waals surface area contributed by atoms with Crippen LogP contribution in [-0.4, -0.2) is 21.3 Å². The largest absolute Gasteiger partial charge is 0.493 e. The molecule has 0 amide bonds. The summed E-state index contributed by atoms with van der Waals surface area (Å²) >= 11 is 6.02. The Bertz CT molecular complexity index is 358. The molecule has 0 heterocycles. The number of anilines is 1. The molecule has 0 aliphatic heterocycles. The fourth-order valence-electron chi connectivity index (χ4n) is 1.23. The molecule has 0 spiro atoms. The molecule has 0 radical (unpaired) electrons. The van der Waals surface area contributed by atoms with E-state index in [0.29, 0.717) is 28.0 Å². The van der Waals surface area contributed by atoms with Crippen LogP contribution in [0.4, 0.5) is 5.69 Å². The molecular weight excluding hydrogens is 220 g/mol. The van der Waals surface area contributed by atoms with Crippen molar-refractivity contribution in [2.24, 2.45) is 5.84 Å². The first-order valence-electron chi connectivity index (χ1n) is 4.14. The molecule has 1 aromatic carbocycles. The predicted molar refractivity (Wildman–Crippen MR) is 58.9 cm³/mol. The predicted octanol–water partition coefficient (Wildman–Crippen LogP) is 1.65. The topological polar surface area (TPSA) is 65.7 Å². The number of methoxy groups -OCH3 is 3. The Kier molecular flexibility index (Phi) is 3.88. The van der Waals surface area contributed by atoms with Crippen LogP contribution < -0.4 is 25.5 Å². The zero-order chi connectivity index (χ0) is 11.4. The summed E-state index contributed by atoms with van der Waals surface area (Å²) in [4.78, 5) is 0. The molecule has 0 atom stereocenters. The molecule has 84 valence electrons. The monoisotopic (exact) mass is 232 g/mol. The Morgan fingerprint density at radius 2 is 1.73 bits per heavy atom. The minimum Gasteiger partial charge on any atom is -0.493 e. The maximum absolute atomic E-state index is 6.02. The molecule has 0 aromatic heterocycles. The van der Waals surface area contributed by atoms with E-state index in [2.05, 4.69) is 5.43 Å². The molecule has 0 bridgehead atoms. The summed E-state index contributed by atoms with van der Waals surface area (Å²) in [5, 5.41) is 0.345. The molecule has 0 aliphatic carbocycles. The highest BCUT2D eigenvalue weighted by Gasteiger charge is 2.18. The van der Waals surface area contributed by atoms with E-state index in [0.717, 1.165) is 0 Å². The van der Waals surface area contributed by atoms with E-state index in [-0.39, 0.29) is 0 Å². The summed E-state index contributed by atoms with van der Waals surface area (Å²) < 4.78 is 15.4. The zero-order valence-electron chi connectivity index (χ0n) is 8.76. The van der Waals surface area contributed by atoms with E-state index in [1.54, 1.807) is 6.07 Å². The van der Waals surface area contributed by atoms with Crippen molar-refractivity contribution < 1.29 is 14.2 Å². The van der Waals surface area contributed by atoms with E-state index in [4.69, 9.17) is 31.7 Å². The first-order chi connectivity index (χ1) is 7.19. The van der Waals surface area contributed by atoms with Gasteiger partial charge in [-0.3, -0.25) is 5.84 Å². The molecular formula is C9H13ClN2O3. The van der Waals surface area contributed by atoms with Gasteiger partial charge in [0.25, 0.3) is 0 Å². The van der Waals surface area contributed by atoms with Crippen molar-refractivity contribution in [2.45, 2.75) is 0 Å². The van der Waals surface area contributed by atoms with Gasteiger partial charge in [0.2, 0.25) is 5.75 Å². The fraction of sp³-hybridized carbons (Fsp3) is 0.333. The van der Waals surface area contributed by atoms with E-state index >= 15 is 0 Å². The second-order valence-electron chi connectivity index (χ2n) is 2.65. The molecule has 5 nitrogen and oxygen atoms in total. The number of hydrogen-bond donors (Lipinski definition) is 2. The Hall–Kier alpha value is -1.33. The number of hydrazine groups is 1. The average molecular weight is 233 g/mol. The van der Waals surface area contributed by atoms with E-state index < -0.39 is 0 Å². The lowest BCUT2D eigenvalue weighted by Crippen LogP contribution is -2.08. The van der Waals surface area contributed by atoms with Gasteiger partial charge in [-0.25, -0.2) is 0 Å². The fourth-order valence-corrected chi connectivity index (χ4v) is 1.50. The SMILES string of the molecule is COc1cc(NN)c(Cl)c(OC)c1OC. The summed E-state index contributed by atoms with van der Waals surface area (Å²) in [5.74, 6) is 6.61. The minimum absolute atomic E-state index is 0.345. The van der Waals surface area contributed by atoms with E-state index in [9.17, 15) is 0 Å². The zero-order valence-corrected chi connectivity index (χ0v) is 9.51. The van der Waals surface area contributed by atoms with Gasteiger partial charge in [0.05, 0.1) is 27.0 Å². The van der Waals surface area contributed by atoms with Gasteiger partial charge < -0.3 is 19.6 Å². The summed E-state index contributed by atoms with van der Waals surface area (Å²) in [5.41, 5.74) is 2.95. The normalized spacial score (nSPS) is 9.67. The maximum Gasteiger partial charge on any atom is 0.205 e. The molecule has 0 fully saturated rings. The Morgan fingerprint density at radius 3 is 2.13 bits per heavy atom. The smallest absolute Gasteiger partial charge is 0.205 e. The number of nitrogens with two attached hydrogens (primary N) is 1. The number of nitrogens with one attached hydrogen (secondary N) is 1. The van der Waals surface area contributed by atoms with E-state index in [1.165, 1.54) is 21.3 Å². The Morgan fingerprint density at radius 1 is 1.13 bits per heavy atom. The van der Waals surface area contributed by atoms with Gasteiger partial charge in [0, 0.05) is 6.07 Å². The number of rotatable bonds is 4. The van der Waals surface area contributed by atoms with Gasteiger partial charge >= 0.3 is 0 Å². The molecule has 0 saturated carbocycles. The third-order valence-electron chi connectivity index (χ3n) is 1.92. The van der Waals surface area contributed by atoms with Gasteiger partial charge in [0.1, 0.15) is 5.02 Å². The standard InChI is InChI=1S/C9H13ClN2O3/c1-13-6-4-5(12-11)7(10)9(15-3)8(6)14-2/h4,12H,11H2,1-3H3. The molecule has 1 rings (SSSR count). The number of ether oxygens (including phenoxy) is 3. The summed E-state index contributed by atoms with van der Waals surface area (Å²) in [6.07, 6.45) is 0. The van der Waals surface area contributed by atoms with Gasteiger partial charge in [-0.05, 0) is 0 Å². The van der Waals surface area contributed by atoms with Crippen LogP contribution in [0.1, 0.15) is 0 Å². The van der Waals surface area contributed by atoms with Crippen molar-refractivity contribution >= 4 is 17.3 Å². The highest BCUT2D eigenvalue weighted by Crippen LogP contribution is 2.46. The van der Waals surface area contributed by atoms with Crippen molar-refractivity contribution in [3.05, 3.63) is 11.1 Å². The lowest BCUT2D eigenvalue weighted by molar-refractivity contribution is 0.325. The van der Waals surface area contributed by atoms with Crippen LogP contribution >= 0.6 is 11.6 Å². The van der Waals surface area contributed by atoms with E-state index in [1.807, 2.05) is 0 Å². The van der Waals surface area contributed by atoms with Crippen molar-refractivity contribution in [2.75, 3.05) is 26.8 Å². The van der Waals surface area contributed by atoms with Crippen LogP contribution in [0.5, 0.6) is 17.2 Å². The lowest BCUT2D eigenvalue weighted by Gasteiger charge is -2.15. The van der Waals surface area contributed by atoms with Crippen molar-refractivity contribution in [1.82, 2.24) is 0 Å². The number of halogens is 1. The third kappa shape index (κ3) is 2.03. The summed E-state index contributed by atoms with van der Waals surface area (Å²) in [7, 11) is 4.52. The molecule has 1 aromatic rings. The van der Waals surface area contributed by atoms with Crippen molar-refractivity contribution in [3.8, 4) is 17.2 Å². The molecule has 6 heteroatoms. The molecule has 3 N–H and O–H groups in total. The molecule has 15 heavy (non-hydrogen) atoms. The van der Waals surface area contributed by atoms with Crippen LogP contribution in [-0.2, 0) is 0 Å². The summed E-state index contributed by atoms with van der Waals surface area (Å²) in [6, 6.07) is 1.63. The Balaban J connectivity index is 3.43. The number of nitrogen functional groups attached to an aromatic ring is 1. The Labute approximate surface area is 93.0 Å². The van der Waals surface area contributed by atoms with Crippen LogP contribution in [0.3, 0.4) is 0 Å². The number of benzene rings is 1. The number of hydrogen-bond acceptors (Lipinski definition) is 5.